The highest BCUT2D eigenvalue weighted by Gasteiger charge is 2.24. The number of nitrogens with two attached hydrogens (primary N) is 2. The summed E-state index contributed by atoms with van der Waals surface area (Å²) in [7, 11) is 0. The average molecular weight is 231 g/mol. The highest BCUT2D eigenvalue weighted by Crippen LogP contribution is 2.29. The van der Waals surface area contributed by atoms with E-state index in [1.165, 1.54) is 4.68 Å². The third-order valence-electron chi connectivity index (χ3n) is 2.55. The summed E-state index contributed by atoms with van der Waals surface area (Å²) < 4.78 is 1.45. The Morgan fingerprint density at radius 3 is 2.47 bits per heavy atom. The Hall–Kier alpha value is -2.04. The molecule has 0 unspecified atom stereocenters. The molecule has 0 amide bonds. The lowest BCUT2D eigenvalue weighted by Crippen LogP contribution is -2.24. The Balaban J connectivity index is 2.59. The van der Waals surface area contributed by atoms with Crippen molar-refractivity contribution in [3.8, 4) is 11.3 Å². The van der Waals surface area contributed by atoms with E-state index in [1.54, 1.807) is 12.4 Å². The molecule has 0 spiro atoms. The van der Waals surface area contributed by atoms with E-state index in [0.717, 1.165) is 11.4 Å². The minimum Gasteiger partial charge on any atom is -0.382 e. The topological polar surface area (TPSA) is 82.8 Å². The maximum atomic E-state index is 5.98. The van der Waals surface area contributed by atoms with Gasteiger partial charge in [-0.2, -0.15) is 0 Å². The minimum atomic E-state index is -0.149. The quantitative estimate of drug-likeness (QED) is 0.729. The first-order valence-electron chi connectivity index (χ1n) is 5.45. The van der Waals surface area contributed by atoms with Crippen LogP contribution in [0.3, 0.4) is 0 Å². The van der Waals surface area contributed by atoms with Gasteiger partial charge < -0.3 is 11.6 Å². The van der Waals surface area contributed by atoms with Gasteiger partial charge in [-0.1, -0.05) is 20.8 Å². The fraction of sp³-hybridized carbons (Fsp3) is 0.333. The Labute approximate surface area is 100 Å². The molecule has 0 saturated heterocycles. The van der Waals surface area contributed by atoms with E-state index in [9.17, 15) is 0 Å². The van der Waals surface area contributed by atoms with Crippen molar-refractivity contribution in [1.82, 2.24) is 14.6 Å². The molecule has 0 bridgehead atoms. The van der Waals surface area contributed by atoms with E-state index in [4.69, 9.17) is 11.6 Å². The van der Waals surface area contributed by atoms with Gasteiger partial charge in [-0.25, -0.2) is 9.66 Å². The summed E-state index contributed by atoms with van der Waals surface area (Å²) in [5.41, 5.74) is 7.39. The van der Waals surface area contributed by atoms with Crippen LogP contribution >= 0.6 is 0 Å². The van der Waals surface area contributed by atoms with Crippen LogP contribution in [0.4, 0.5) is 5.82 Å². The van der Waals surface area contributed by atoms with Crippen LogP contribution in [0, 0.1) is 0 Å². The third kappa shape index (κ3) is 1.95. The van der Waals surface area contributed by atoms with Crippen LogP contribution < -0.4 is 11.6 Å². The van der Waals surface area contributed by atoms with Gasteiger partial charge in [-0.15, -0.1) is 0 Å². The average Bonchev–Trinajstić information content (AvgIpc) is 2.57. The van der Waals surface area contributed by atoms with Gasteiger partial charge in [-0.3, -0.25) is 4.98 Å². The zero-order chi connectivity index (χ0) is 12.6. The Kier molecular flexibility index (Phi) is 2.53. The van der Waals surface area contributed by atoms with Crippen molar-refractivity contribution in [2.24, 2.45) is 0 Å². The first kappa shape index (κ1) is 11.4. The molecule has 5 heteroatoms. The van der Waals surface area contributed by atoms with Crippen molar-refractivity contribution in [3.63, 3.8) is 0 Å². The monoisotopic (exact) mass is 231 g/mol. The molecular formula is C12H17N5. The van der Waals surface area contributed by atoms with Gasteiger partial charge in [0.15, 0.2) is 5.82 Å². The van der Waals surface area contributed by atoms with Gasteiger partial charge in [-0.05, 0) is 12.1 Å². The van der Waals surface area contributed by atoms with Gasteiger partial charge in [0, 0.05) is 23.4 Å². The first-order valence-corrected chi connectivity index (χ1v) is 5.45. The molecule has 0 aliphatic rings. The summed E-state index contributed by atoms with van der Waals surface area (Å²) in [6.45, 7) is 6.14. The number of nitrogens with zero attached hydrogens (tertiary/aromatic N) is 3. The highest BCUT2D eigenvalue weighted by atomic mass is 15.4. The van der Waals surface area contributed by atoms with Crippen molar-refractivity contribution >= 4 is 5.82 Å². The zero-order valence-electron chi connectivity index (χ0n) is 10.3. The second-order valence-electron chi connectivity index (χ2n) is 5.03. The Morgan fingerprint density at radius 2 is 2.00 bits per heavy atom. The molecular weight excluding hydrogens is 214 g/mol. The number of rotatable bonds is 1. The summed E-state index contributed by atoms with van der Waals surface area (Å²) in [4.78, 5) is 8.58. The fourth-order valence-corrected chi connectivity index (χ4v) is 1.69. The summed E-state index contributed by atoms with van der Waals surface area (Å²) in [5.74, 6) is 7.15. The SMILES string of the molecule is CC(C)(C)c1nc(-c2cccnc2)c(N)n1N. The van der Waals surface area contributed by atoms with Crippen molar-refractivity contribution in [1.29, 1.82) is 0 Å². The molecule has 2 aromatic heterocycles. The number of pyridine rings is 1. The molecule has 0 aliphatic heterocycles. The van der Waals surface area contributed by atoms with Crippen molar-refractivity contribution in [2.45, 2.75) is 26.2 Å². The van der Waals surface area contributed by atoms with Gasteiger partial charge in [0.2, 0.25) is 0 Å². The number of nitrogen functional groups attached to an aromatic ring is 2. The normalized spacial score (nSPS) is 11.7. The lowest BCUT2D eigenvalue weighted by Gasteiger charge is -2.17. The molecule has 2 rings (SSSR count). The van der Waals surface area contributed by atoms with E-state index in [2.05, 4.69) is 9.97 Å². The van der Waals surface area contributed by atoms with Crippen LogP contribution in [0.1, 0.15) is 26.6 Å². The molecule has 0 fully saturated rings. The lowest BCUT2D eigenvalue weighted by atomic mass is 9.96. The summed E-state index contributed by atoms with van der Waals surface area (Å²) in [6, 6.07) is 3.76. The number of imidazole rings is 1. The predicted octanol–water partition coefficient (Wildman–Crippen LogP) is 1.54. The minimum absolute atomic E-state index is 0.149. The zero-order valence-corrected chi connectivity index (χ0v) is 10.3. The molecule has 0 aromatic carbocycles. The van der Waals surface area contributed by atoms with E-state index in [-0.39, 0.29) is 5.41 Å². The first-order chi connectivity index (χ1) is 7.91. The number of aromatic nitrogens is 3. The molecule has 0 radical (unpaired) electrons. The second-order valence-corrected chi connectivity index (χ2v) is 5.03. The molecule has 0 atom stereocenters. The maximum Gasteiger partial charge on any atom is 0.150 e. The lowest BCUT2D eigenvalue weighted by molar-refractivity contribution is 0.532. The van der Waals surface area contributed by atoms with Crippen LogP contribution in [0.5, 0.6) is 0 Å². The molecule has 2 aromatic rings. The summed E-state index contributed by atoms with van der Waals surface area (Å²) in [6.07, 6.45) is 3.44. The number of anilines is 1. The van der Waals surface area contributed by atoms with Crippen molar-refractivity contribution < 1.29 is 0 Å². The Morgan fingerprint density at radius 1 is 1.29 bits per heavy atom. The van der Waals surface area contributed by atoms with Crippen LogP contribution in [-0.4, -0.2) is 14.6 Å². The largest absolute Gasteiger partial charge is 0.382 e. The highest BCUT2D eigenvalue weighted by molar-refractivity contribution is 5.70. The Bertz CT molecular complexity index is 522. The molecule has 2 heterocycles. The third-order valence-corrected chi connectivity index (χ3v) is 2.55. The molecule has 5 nitrogen and oxygen atoms in total. The van der Waals surface area contributed by atoms with Crippen LogP contribution in [0.15, 0.2) is 24.5 Å². The van der Waals surface area contributed by atoms with E-state index in [0.29, 0.717) is 11.5 Å². The standard InChI is InChI=1S/C12H17N5/c1-12(2,3)11-16-9(10(13)17(11)14)8-5-4-6-15-7-8/h4-7H,13-14H2,1-3H3. The number of hydrogen-bond acceptors (Lipinski definition) is 4. The summed E-state index contributed by atoms with van der Waals surface area (Å²) >= 11 is 0. The predicted molar refractivity (Wildman–Crippen MR) is 68.7 cm³/mol. The fourth-order valence-electron chi connectivity index (χ4n) is 1.69. The molecule has 0 saturated carbocycles. The van der Waals surface area contributed by atoms with E-state index in [1.807, 2.05) is 32.9 Å². The molecule has 4 N–H and O–H groups in total. The number of hydrogen-bond donors (Lipinski definition) is 2. The van der Waals surface area contributed by atoms with Gasteiger partial charge >= 0.3 is 0 Å². The van der Waals surface area contributed by atoms with Crippen molar-refractivity contribution in [3.05, 3.63) is 30.4 Å². The molecule has 0 aliphatic carbocycles. The maximum absolute atomic E-state index is 5.98. The van der Waals surface area contributed by atoms with Gasteiger partial charge in [0.05, 0.1) is 0 Å². The van der Waals surface area contributed by atoms with Crippen LogP contribution in [-0.2, 0) is 5.41 Å². The second kappa shape index (κ2) is 3.76. The van der Waals surface area contributed by atoms with E-state index >= 15 is 0 Å². The van der Waals surface area contributed by atoms with E-state index < -0.39 is 0 Å². The van der Waals surface area contributed by atoms with Gasteiger partial charge in [0.25, 0.3) is 0 Å². The van der Waals surface area contributed by atoms with Crippen molar-refractivity contribution in [2.75, 3.05) is 11.6 Å². The smallest absolute Gasteiger partial charge is 0.150 e. The van der Waals surface area contributed by atoms with Gasteiger partial charge in [0.1, 0.15) is 11.5 Å². The molecule has 17 heavy (non-hydrogen) atoms. The molecule has 90 valence electrons. The van der Waals surface area contributed by atoms with Crippen LogP contribution in [0.2, 0.25) is 0 Å². The summed E-state index contributed by atoms with van der Waals surface area (Å²) in [5, 5.41) is 0. The van der Waals surface area contributed by atoms with Crippen LogP contribution in [0.25, 0.3) is 11.3 Å².